The number of halogens is 3. The minimum atomic E-state index is -4.35. The molecule has 0 spiro atoms. The molecule has 1 N–H and O–H groups in total. The highest BCUT2D eigenvalue weighted by molar-refractivity contribution is 5.84. The highest BCUT2D eigenvalue weighted by atomic mass is 19.4. The molecule has 1 atom stereocenters. The van der Waals surface area contributed by atoms with Gasteiger partial charge >= 0.3 is 6.18 Å². The number of pyridine rings is 1. The maximum absolute atomic E-state index is 12.9. The first kappa shape index (κ1) is 20.9. The Balaban J connectivity index is 1.51. The van der Waals surface area contributed by atoms with Crippen molar-refractivity contribution in [1.82, 2.24) is 9.88 Å². The number of alkyl halides is 3. The quantitative estimate of drug-likeness (QED) is 0.629. The van der Waals surface area contributed by atoms with E-state index in [0.717, 1.165) is 34.4 Å². The summed E-state index contributed by atoms with van der Waals surface area (Å²) in [5.74, 6) is 0.626. The molecule has 0 unspecified atom stereocenters. The summed E-state index contributed by atoms with van der Waals surface area (Å²) in [6.07, 6.45) is -2.04. The SMILES string of the molecule is C[C@@H](Nc1ccccn1)C(=O)N1CCc2c(cccc2-c2ccc(C(F)(F)F)cc2)C1. The van der Waals surface area contributed by atoms with E-state index in [1.165, 1.54) is 12.1 Å². The topological polar surface area (TPSA) is 45.2 Å². The van der Waals surface area contributed by atoms with Crippen molar-refractivity contribution in [2.75, 3.05) is 11.9 Å². The molecule has 7 heteroatoms. The number of nitrogens with one attached hydrogen (secondary N) is 1. The Morgan fingerprint density at radius 1 is 1.06 bits per heavy atom. The third-order valence-electron chi connectivity index (χ3n) is 5.50. The summed E-state index contributed by atoms with van der Waals surface area (Å²) in [6.45, 7) is 2.83. The number of rotatable bonds is 4. The Kier molecular flexibility index (Phi) is 5.67. The number of hydrogen-bond acceptors (Lipinski definition) is 3. The van der Waals surface area contributed by atoms with Crippen molar-refractivity contribution in [3.05, 3.63) is 83.6 Å². The third kappa shape index (κ3) is 4.55. The van der Waals surface area contributed by atoms with Crippen molar-refractivity contribution >= 4 is 11.7 Å². The van der Waals surface area contributed by atoms with Gasteiger partial charge in [0, 0.05) is 19.3 Å². The van der Waals surface area contributed by atoms with Gasteiger partial charge in [0.25, 0.3) is 0 Å². The predicted molar refractivity (Wildman–Crippen MR) is 113 cm³/mol. The van der Waals surface area contributed by atoms with Gasteiger partial charge in [-0.15, -0.1) is 0 Å². The third-order valence-corrected chi connectivity index (χ3v) is 5.50. The molecule has 2 heterocycles. The van der Waals surface area contributed by atoms with Crippen molar-refractivity contribution < 1.29 is 18.0 Å². The summed E-state index contributed by atoms with van der Waals surface area (Å²) >= 11 is 0. The van der Waals surface area contributed by atoms with E-state index in [-0.39, 0.29) is 5.91 Å². The molecular weight excluding hydrogens is 403 g/mol. The van der Waals surface area contributed by atoms with Crippen LogP contribution < -0.4 is 5.32 Å². The lowest BCUT2D eigenvalue weighted by molar-refractivity contribution is -0.137. The molecule has 4 rings (SSSR count). The first-order valence-corrected chi connectivity index (χ1v) is 10.1. The minimum absolute atomic E-state index is 0.0174. The predicted octanol–water partition coefficient (Wildman–Crippen LogP) is 5.15. The normalized spacial score (nSPS) is 14.6. The van der Waals surface area contributed by atoms with Crippen LogP contribution in [0.3, 0.4) is 0 Å². The second-order valence-electron chi connectivity index (χ2n) is 7.61. The maximum Gasteiger partial charge on any atom is 0.416 e. The molecule has 1 aliphatic heterocycles. The van der Waals surface area contributed by atoms with Gasteiger partial charge in [-0.2, -0.15) is 13.2 Å². The summed E-state index contributed by atoms with van der Waals surface area (Å²) in [4.78, 5) is 18.9. The van der Waals surface area contributed by atoms with Gasteiger partial charge in [-0.1, -0.05) is 36.4 Å². The van der Waals surface area contributed by atoms with Gasteiger partial charge in [0.15, 0.2) is 0 Å². The van der Waals surface area contributed by atoms with E-state index in [9.17, 15) is 18.0 Å². The fourth-order valence-electron chi connectivity index (χ4n) is 3.91. The molecule has 0 saturated carbocycles. The van der Waals surface area contributed by atoms with Crippen molar-refractivity contribution in [2.45, 2.75) is 32.1 Å². The number of benzene rings is 2. The standard InChI is InChI=1S/C24H22F3N3O/c1-16(29-22-7-2-3-13-28-22)23(31)30-14-12-21-18(15-30)5-4-6-20(21)17-8-10-19(11-9-17)24(25,26)27/h2-11,13,16H,12,14-15H2,1H3,(H,28,29)/t16-/m1/s1. The average Bonchev–Trinajstić information content (AvgIpc) is 2.78. The van der Waals surface area contributed by atoms with E-state index in [4.69, 9.17) is 0 Å². The van der Waals surface area contributed by atoms with Crippen molar-refractivity contribution in [3.63, 3.8) is 0 Å². The lowest BCUT2D eigenvalue weighted by atomic mass is 9.90. The van der Waals surface area contributed by atoms with Crippen molar-refractivity contribution in [2.24, 2.45) is 0 Å². The van der Waals surface area contributed by atoms with Gasteiger partial charge in [0.1, 0.15) is 11.9 Å². The van der Waals surface area contributed by atoms with E-state index >= 15 is 0 Å². The zero-order chi connectivity index (χ0) is 22.0. The molecule has 0 bridgehead atoms. The molecule has 1 aliphatic rings. The number of carbonyl (C=O) groups is 1. The molecule has 2 aromatic carbocycles. The van der Waals surface area contributed by atoms with Crippen LogP contribution in [0.15, 0.2) is 66.9 Å². The van der Waals surface area contributed by atoms with Gasteiger partial charge in [-0.05, 0) is 59.9 Å². The summed E-state index contributed by atoms with van der Waals surface area (Å²) in [7, 11) is 0. The Hall–Kier alpha value is -3.35. The first-order chi connectivity index (χ1) is 14.8. The van der Waals surface area contributed by atoms with Gasteiger partial charge < -0.3 is 10.2 Å². The molecule has 0 saturated heterocycles. The summed E-state index contributed by atoms with van der Waals surface area (Å²) in [5.41, 5.74) is 3.10. The number of aromatic nitrogens is 1. The Morgan fingerprint density at radius 2 is 1.84 bits per heavy atom. The van der Waals surface area contributed by atoms with Crippen LogP contribution >= 0.6 is 0 Å². The molecule has 0 aliphatic carbocycles. The highest BCUT2D eigenvalue weighted by Crippen LogP contribution is 2.34. The monoisotopic (exact) mass is 425 g/mol. The van der Waals surface area contributed by atoms with Gasteiger partial charge in [0.2, 0.25) is 5.91 Å². The van der Waals surface area contributed by atoms with Crippen LogP contribution in [0.5, 0.6) is 0 Å². The van der Waals surface area contributed by atoms with Crippen molar-refractivity contribution in [1.29, 1.82) is 0 Å². The van der Waals surface area contributed by atoms with Crippen LogP contribution in [0.1, 0.15) is 23.6 Å². The van der Waals surface area contributed by atoms with Crippen LogP contribution in [0.25, 0.3) is 11.1 Å². The molecular formula is C24H22F3N3O. The fourth-order valence-corrected chi connectivity index (χ4v) is 3.91. The van der Waals surface area contributed by atoms with Crippen LogP contribution in [-0.2, 0) is 23.9 Å². The summed E-state index contributed by atoms with van der Waals surface area (Å²) in [6, 6.07) is 16.1. The summed E-state index contributed by atoms with van der Waals surface area (Å²) < 4.78 is 38.6. The highest BCUT2D eigenvalue weighted by Gasteiger charge is 2.30. The molecule has 1 aromatic heterocycles. The lowest BCUT2D eigenvalue weighted by Crippen LogP contribution is -2.44. The molecule has 3 aromatic rings. The van der Waals surface area contributed by atoms with Gasteiger partial charge in [-0.25, -0.2) is 4.98 Å². The zero-order valence-electron chi connectivity index (χ0n) is 17.0. The molecule has 0 fully saturated rings. The van der Waals surface area contributed by atoms with Crippen LogP contribution in [0.4, 0.5) is 19.0 Å². The molecule has 4 nitrogen and oxygen atoms in total. The van der Waals surface area contributed by atoms with E-state index in [1.807, 2.05) is 43.3 Å². The largest absolute Gasteiger partial charge is 0.416 e. The minimum Gasteiger partial charge on any atom is -0.359 e. The fraction of sp³-hybridized carbons (Fsp3) is 0.250. The van der Waals surface area contributed by atoms with Crippen LogP contribution in [0.2, 0.25) is 0 Å². The van der Waals surface area contributed by atoms with Crippen LogP contribution in [-0.4, -0.2) is 28.4 Å². The lowest BCUT2D eigenvalue weighted by Gasteiger charge is -2.32. The van der Waals surface area contributed by atoms with Crippen LogP contribution in [0, 0.1) is 0 Å². The van der Waals surface area contributed by atoms with Gasteiger partial charge in [0.05, 0.1) is 5.56 Å². The Labute approximate surface area is 178 Å². The molecule has 1 amide bonds. The number of fused-ring (bicyclic) bond motifs is 1. The van der Waals surface area contributed by atoms with E-state index in [2.05, 4.69) is 10.3 Å². The number of carbonyl (C=O) groups excluding carboxylic acids is 1. The zero-order valence-corrected chi connectivity index (χ0v) is 17.0. The van der Waals surface area contributed by atoms with Gasteiger partial charge in [-0.3, -0.25) is 4.79 Å². The molecule has 31 heavy (non-hydrogen) atoms. The number of amides is 1. The number of hydrogen-bond donors (Lipinski definition) is 1. The Bertz CT molecular complexity index is 1070. The molecule has 0 radical (unpaired) electrons. The van der Waals surface area contributed by atoms with E-state index < -0.39 is 17.8 Å². The van der Waals surface area contributed by atoms with E-state index in [0.29, 0.717) is 25.3 Å². The number of nitrogens with zero attached hydrogens (tertiary/aromatic N) is 2. The second kappa shape index (κ2) is 8.41. The number of anilines is 1. The first-order valence-electron chi connectivity index (χ1n) is 10.1. The average molecular weight is 425 g/mol. The Morgan fingerprint density at radius 3 is 2.52 bits per heavy atom. The van der Waals surface area contributed by atoms with E-state index in [1.54, 1.807) is 11.1 Å². The summed E-state index contributed by atoms with van der Waals surface area (Å²) in [5, 5.41) is 3.12. The maximum atomic E-state index is 12.9. The second-order valence-corrected chi connectivity index (χ2v) is 7.61. The van der Waals surface area contributed by atoms with Crippen molar-refractivity contribution in [3.8, 4) is 11.1 Å². The smallest absolute Gasteiger partial charge is 0.359 e. The molecule has 160 valence electrons.